The zero-order chi connectivity index (χ0) is 10.6. The largest absolute Gasteiger partial charge is 0.313 e. The van der Waals surface area contributed by atoms with E-state index in [1.54, 1.807) is 18.2 Å². The summed E-state index contributed by atoms with van der Waals surface area (Å²) in [5, 5.41) is 3.00. The number of nitrogens with one attached hydrogen (secondary N) is 1. The summed E-state index contributed by atoms with van der Waals surface area (Å²) in [7, 11) is -4.10. The minimum absolute atomic E-state index is 0.0269. The van der Waals surface area contributed by atoms with Crippen molar-refractivity contribution in [1.82, 2.24) is 5.32 Å². The Labute approximate surface area is 83.7 Å². The summed E-state index contributed by atoms with van der Waals surface area (Å²) in [6.07, 6.45) is 0. The third kappa shape index (κ3) is 2.80. The lowest BCUT2D eigenvalue weighted by molar-refractivity contribution is 0.481. The maximum atomic E-state index is 10.9. The predicted molar refractivity (Wildman–Crippen MR) is 53.6 cm³/mol. The minimum Gasteiger partial charge on any atom is -0.313 e. The molecule has 0 unspecified atom stereocenters. The first-order valence-corrected chi connectivity index (χ1v) is 5.76. The molecule has 0 aliphatic rings. The molecule has 0 aliphatic heterocycles. The van der Waals surface area contributed by atoms with Crippen LogP contribution in [0.25, 0.3) is 0 Å². The second-order valence-corrected chi connectivity index (χ2v) is 4.25. The molecule has 0 saturated heterocycles. The molecular formula is C9H13NO3S. The van der Waals surface area contributed by atoms with E-state index in [-0.39, 0.29) is 4.90 Å². The fourth-order valence-corrected chi connectivity index (χ4v) is 1.88. The molecule has 5 heteroatoms. The van der Waals surface area contributed by atoms with Gasteiger partial charge < -0.3 is 5.32 Å². The van der Waals surface area contributed by atoms with Gasteiger partial charge in [-0.05, 0) is 18.2 Å². The molecule has 0 saturated carbocycles. The molecule has 0 fully saturated rings. The second-order valence-electron chi connectivity index (χ2n) is 2.86. The van der Waals surface area contributed by atoms with Crippen molar-refractivity contribution in [1.29, 1.82) is 0 Å². The Hall–Kier alpha value is -0.910. The molecule has 0 bridgehead atoms. The molecule has 0 heterocycles. The Morgan fingerprint density at radius 3 is 2.57 bits per heavy atom. The highest BCUT2D eigenvalue weighted by atomic mass is 32.2. The van der Waals surface area contributed by atoms with E-state index in [1.807, 2.05) is 6.92 Å². The van der Waals surface area contributed by atoms with Crippen LogP contribution >= 0.6 is 0 Å². The second kappa shape index (κ2) is 4.54. The Balaban J connectivity index is 3.04. The van der Waals surface area contributed by atoms with Crippen LogP contribution in [-0.2, 0) is 16.7 Å². The number of benzene rings is 1. The fourth-order valence-electron chi connectivity index (χ4n) is 1.16. The summed E-state index contributed by atoms with van der Waals surface area (Å²) in [6, 6.07) is 6.38. The van der Waals surface area contributed by atoms with Gasteiger partial charge in [-0.15, -0.1) is 0 Å². The lowest BCUT2D eigenvalue weighted by atomic mass is 10.2. The minimum atomic E-state index is -4.10. The first kappa shape index (κ1) is 11.2. The van der Waals surface area contributed by atoms with Gasteiger partial charge in [-0.25, -0.2) is 0 Å². The molecule has 0 spiro atoms. The van der Waals surface area contributed by atoms with Crippen molar-refractivity contribution in [3.8, 4) is 0 Å². The SMILES string of the molecule is CCNCc1ccccc1S(=O)(=O)O. The van der Waals surface area contributed by atoms with E-state index in [1.165, 1.54) is 6.07 Å². The highest BCUT2D eigenvalue weighted by molar-refractivity contribution is 7.85. The summed E-state index contributed by atoms with van der Waals surface area (Å²) in [4.78, 5) is -0.0269. The smallest absolute Gasteiger partial charge is 0.294 e. The van der Waals surface area contributed by atoms with Crippen LogP contribution in [0.2, 0.25) is 0 Å². The van der Waals surface area contributed by atoms with E-state index in [2.05, 4.69) is 5.32 Å². The van der Waals surface area contributed by atoms with Crippen LogP contribution in [0, 0.1) is 0 Å². The molecule has 1 aromatic rings. The average molecular weight is 215 g/mol. The molecule has 2 N–H and O–H groups in total. The normalized spacial score (nSPS) is 11.6. The average Bonchev–Trinajstić information content (AvgIpc) is 2.14. The van der Waals surface area contributed by atoms with Gasteiger partial charge in [0.15, 0.2) is 0 Å². The van der Waals surface area contributed by atoms with Gasteiger partial charge in [0.25, 0.3) is 10.1 Å². The maximum Gasteiger partial charge on any atom is 0.294 e. The summed E-state index contributed by atoms with van der Waals surface area (Å²) < 4.78 is 30.8. The zero-order valence-corrected chi connectivity index (χ0v) is 8.71. The van der Waals surface area contributed by atoms with Gasteiger partial charge in [-0.3, -0.25) is 4.55 Å². The van der Waals surface area contributed by atoms with Crippen molar-refractivity contribution < 1.29 is 13.0 Å². The van der Waals surface area contributed by atoms with Crippen LogP contribution in [-0.4, -0.2) is 19.5 Å². The molecule has 14 heavy (non-hydrogen) atoms. The van der Waals surface area contributed by atoms with E-state index in [9.17, 15) is 8.42 Å². The summed E-state index contributed by atoms with van der Waals surface area (Å²) >= 11 is 0. The van der Waals surface area contributed by atoms with Gasteiger partial charge in [-0.1, -0.05) is 25.1 Å². The molecule has 0 amide bonds. The molecule has 1 rings (SSSR count). The molecule has 0 atom stereocenters. The first-order valence-electron chi connectivity index (χ1n) is 4.32. The van der Waals surface area contributed by atoms with Gasteiger partial charge in [0.1, 0.15) is 0 Å². The lowest BCUT2D eigenvalue weighted by Gasteiger charge is -2.06. The number of hydrogen-bond donors (Lipinski definition) is 2. The van der Waals surface area contributed by atoms with Crippen molar-refractivity contribution in [3.05, 3.63) is 29.8 Å². The fraction of sp³-hybridized carbons (Fsp3) is 0.333. The van der Waals surface area contributed by atoms with Crippen LogP contribution in [0.3, 0.4) is 0 Å². The summed E-state index contributed by atoms with van der Waals surface area (Å²) in [5.74, 6) is 0. The van der Waals surface area contributed by atoms with Crippen molar-refractivity contribution in [3.63, 3.8) is 0 Å². The maximum absolute atomic E-state index is 10.9. The van der Waals surface area contributed by atoms with E-state index < -0.39 is 10.1 Å². The van der Waals surface area contributed by atoms with Crippen molar-refractivity contribution >= 4 is 10.1 Å². The third-order valence-electron chi connectivity index (χ3n) is 1.82. The van der Waals surface area contributed by atoms with Gasteiger partial charge >= 0.3 is 0 Å². The van der Waals surface area contributed by atoms with E-state index >= 15 is 0 Å². The highest BCUT2D eigenvalue weighted by Gasteiger charge is 2.13. The van der Waals surface area contributed by atoms with Gasteiger partial charge in [0.05, 0.1) is 4.90 Å². The molecule has 1 aromatic carbocycles. The number of rotatable bonds is 4. The zero-order valence-electron chi connectivity index (χ0n) is 7.90. The Kier molecular flexibility index (Phi) is 3.62. The van der Waals surface area contributed by atoms with Crippen LogP contribution < -0.4 is 5.32 Å². The lowest BCUT2D eigenvalue weighted by Crippen LogP contribution is -2.14. The molecule has 0 aliphatic carbocycles. The Bertz CT molecular complexity index is 400. The first-order chi connectivity index (χ1) is 6.55. The van der Waals surface area contributed by atoms with E-state index in [4.69, 9.17) is 4.55 Å². The van der Waals surface area contributed by atoms with Crippen molar-refractivity contribution in [2.45, 2.75) is 18.4 Å². The van der Waals surface area contributed by atoms with Gasteiger partial charge in [0, 0.05) is 6.54 Å². The standard InChI is InChI=1S/C9H13NO3S/c1-2-10-7-8-5-3-4-6-9(8)14(11,12)13/h3-6,10H,2,7H2,1H3,(H,11,12,13). The topological polar surface area (TPSA) is 66.4 Å². The Morgan fingerprint density at radius 2 is 2.00 bits per heavy atom. The van der Waals surface area contributed by atoms with Crippen LogP contribution in [0.5, 0.6) is 0 Å². The third-order valence-corrected chi connectivity index (χ3v) is 2.77. The highest BCUT2D eigenvalue weighted by Crippen LogP contribution is 2.14. The predicted octanol–water partition coefficient (Wildman–Crippen LogP) is 1.04. The van der Waals surface area contributed by atoms with E-state index in [0.29, 0.717) is 12.1 Å². The van der Waals surface area contributed by atoms with Crippen molar-refractivity contribution in [2.75, 3.05) is 6.54 Å². The van der Waals surface area contributed by atoms with Crippen molar-refractivity contribution in [2.24, 2.45) is 0 Å². The molecule has 4 nitrogen and oxygen atoms in total. The molecule has 0 aromatic heterocycles. The Morgan fingerprint density at radius 1 is 1.36 bits per heavy atom. The van der Waals surface area contributed by atoms with Gasteiger partial charge in [-0.2, -0.15) is 8.42 Å². The number of hydrogen-bond acceptors (Lipinski definition) is 3. The molecular weight excluding hydrogens is 202 g/mol. The van der Waals surface area contributed by atoms with Crippen LogP contribution in [0.15, 0.2) is 29.2 Å². The van der Waals surface area contributed by atoms with Gasteiger partial charge in [0.2, 0.25) is 0 Å². The molecule has 0 radical (unpaired) electrons. The summed E-state index contributed by atoms with van der Waals surface area (Å²) in [5.41, 5.74) is 0.580. The summed E-state index contributed by atoms with van der Waals surface area (Å²) in [6.45, 7) is 3.11. The van der Waals surface area contributed by atoms with Crippen LogP contribution in [0.1, 0.15) is 12.5 Å². The quantitative estimate of drug-likeness (QED) is 0.736. The van der Waals surface area contributed by atoms with Crippen LogP contribution in [0.4, 0.5) is 0 Å². The van der Waals surface area contributed by atoms with E-state index in [0.717, 1.165) is 6.54 Å². The monoisotopic (exact) mass is 215 g/mol. The molecule has 78 valence electrons.